The predicted molar refractivity (Wildman–Crippen MR) is 121 cm³/mol. The van der Waals surface area contributed by atoms with Crippen molar-refractivity contribution in [1.82, 2.24) is 4.98 Å². The van der Waals surface area contributed by atoms with Crippen LogP contribution >= 0.6 is 23.1 Å². The number of benzene rings is 1. The lowest BCUT2D eigenvalue weighted by Gasteiger charge is -2.11. The number of nitrogens with one attached hydrogen (secondary N) is 1. The minimum atomic E-state index is -0.135. The second kappa shape index (κ2) is 9.33. The Labute approximate surface area is 184 Å². The summed E-state index contributed by atoms with van der Waals surface area (Å²) >= 11 is 2.92. The Bertz CT molecular complexity index is 1070. The van der Waals surface area contributed by atoms with Crippen molar-refractivity contribution in [2.75, 3.05) is 17.7 Å². The average molecular weight is 436 g/mol. The molecule has 0 aliphatic heterocycles. The number of amides is 1. The van der Waals surface area contributed by atoms with Crippen LogP contribution in [0.15, 0.2) is 52.9 Å². The SMILES string of the molecule is CCOc1ccc(NC(=O)CSc2nc(C3CC3)cc(-c3cccs3)c2C#N)cc1. The molecule has 5 nitrogen and oxygen atoms in total. The van der Waals surface area contributed by atoms with Crippen LogP contribution in [0.5, 0.6) is 5.75 Å². The highest BCUT2D eigenvalue weighted by Crippen LogP contribution is 2.43. The van der Waals surface area contributed by atoms with Gasteiger partial charge in [0.1, 0.15) is 16.8 Å². The number of anilines is 1. The lowest BCUT2D eigenvalue weighted by Crippen LogP contribution is -2.14. The van der Waals surface area contributed by atoms with Crippen LogP contribution in [0.1, 0.15) is 36.9 Å². The molecule has 2 heterocycles. The predicted octanol–water partition coefficient (Wildman–Crippen LogP) is 5.69. The third-order valence-corrected chi connectivity index (χ3v) is 6.57. The molecule has 152 valence electrons. The third-order valence-electron chi connectivity index (χ3n) is 4.69. The van der Waals surface area contributed by atoms with Gasteiger partial charge in [0.25, 0.3) is 0 Å². The van der Waals surface area contributed by atoms with Crippen molar-refractivity contribution in [3.05, 3.63) is 59.1 Å². The van der Waals surface area contributed by atoms with Crippen molar-refractivity contribution < 1.29 is 9.53 Å². The fourth-order valence-electron chi connectivity index (χ4n) is 3.10. The van der Waals surface area contributed by atoms with E-state index in [4.69, 9.17) is 9.72 Å². The van der Waals surface area contributed by atoms with E-state index in [2.05, 4.69) is 11.4 Å². The molecule has 0 radical (unpaired) electrons. The van der Waals surface area contributed by atoms with Gasteiger partial charge in [-0.25, -0.2) is 4.98 Å². The summed E-state index contributed by atoms with van der Waals surface area (Å²) in [6.45, 7) is 2.53. The third kappa shape index (κ3) is 4.84. The van der Waals surface area contributed by atoms with E-state index in [0.717, 1.165) is 34.7 Å². The van der Waals surface area contributed by atoms with E-state index in [1.54, 1.807) is 11.3 Å². The molecule has 0 unspecified atom stereocenters. The number of thiophene rings is 1. The van der Waals surface area contributed by atoms with Crippen LogP contribution in [0.4, 0.5) is 5.69 Å². The molecule has 1 saturated carbocycles. The first-order valence-electron chi connectivity index (χ1n) is 9.82. The molecule has 1 N–H and O–H groups in total. The molecule has 0 spiro atoms. The molecule has 1 aliphatic rings. The maximum absolute atomic E-state index is 12.5. The summed E-state index contributed by atoms with van der Waals surface area (Å²) < 4.78 is 5.42. The molecule has 0 saturated heterocycles. The summed E-state index contributed by atoms with van der Waals surface area (Å²) in [7, 11) is 0. The van der Waals surface area contributed by atoms with Gasteiger partial charge in [-0.2, -0.15) is 5.26 Å². The Morgan fingerprint density at radius 2 is 2.13 bits per heavy atom. The summed E-state index contributed by atoms with van der Waals surface area (Å²) in [4.78, 5) is 18.3. The van der Waals surface area contributed by atoms with E-state index >= 15 is 0 Å². The highest BCUT2D eigenvalue weighted by atomic mass is 32.2. The number of nitrogens with zero attached hydrogens (tertiary/aromatic N) is 2. The molecule has 1 fully saturated rings. The zero-order valence-corrected chi connectivity index (χ0v) is 18.2. The summed E-state index contributed by atoms with van der Waals surface area (Å²) in [6.07, 6.45) is 2.26. The van der Waals surface area contributed by atoms with Gasteiger partial charge >= 0.3 is 0 Å². The van der Waals surface area contributed by atoms with Gasteiger partial charge in [0.05, 0.1) is 17.9 Å². The highest BCUT2D eigenvalue weighted by molar-refractivity contribution is 8.00. The van der Waals surface area contributed by atoms with Crippen LogP contribution in [-0.2, 0) is 4.79 Å². The highest BCUT2D eigenvalue weighted by Gasteiger charge is 2.28. The van der Waals surface area contributed by atoms with Crippen LogP contribution in [0, 0.1) is 11.3 Å². The number of ether oxygens (including phenoxy) is 1. The number of rotatable bonds is 8. The van der Waals surface area contributed by atoms with Gasteiger partial charge in [-0.3, -0.25) is 4.79 Å². The number of aromatic nitrogens is 1. The molecule has 1 amide bonds. The molecule has 1 aliphatic carbocycles. The molecular weight excluding hydrogens is 414 g/mol. The summed E-state index contributed by atoms with van der Waals surface area (Å²) in [5.74, 6) is 1.29. The van der Waals surface area contributed by atoms with E-state index in [1.807, 2.05) is 54.8 Å². The first kappa shape index (κ1) is 20.5. The van der Waals surface area contributed by atoms with E-state index in [1.165, 1.54) is 11.8 Å². The summed E-state index contributed by atoms with van der Waals surface area (Å²) in [5, 5.41) is 15.3. The number of hydrogen-bond acceptors (Lipinski definition) is 6. The van der Waals surface area contributed by atoms with Gasteiger partial charge in [-0.05, 0) is 61.5 Å². The zero-order valence-electron chi connectivity index (χ0n) is 16.6. The summed E-state index contributed by atoms with van der Waals surface area (Å²) in [6, 6.07) is 15.6. The first-order chi connectivity index (χ1) is 14.7. The second-order valence-corrected chi connectivity index (χ2v) is 8.84. The van der Waals surface area contributed by atoms with Crippen LogP contribution in [0.25, 0.3) is 10.4 Å². The Morgan fingerprint density at radius 3 is 2.77 bits per heavy atom. The van der Waals surface area contributed by atoms with Crippen molar-refractivity contribution in [2.45, 2.75) is 30.7 Å². The maximum atomic E-state index is 12.5. The molecule has 1 aromatic carbocycles. The van der Waals surface area contributed by atoms with Crippen LogP contribution < -0.4 is 10.1 Å². The zero-order chi connectivity index (χ0) is 20.9. The van der Waals surface area contributed by atoms with Gasteiger partial charge in [-0.1, -0.05) is 17.8 Å². The summed E-state index contributed by atoms with van der Waals surface area (Å²) in [5.41, 5.74) is 3.19. The van der Waals surface area contributed by atoms with Crippen LogP contribution in [0.2, 0.25) is 0 Å². The second-order valence-electron chi connectivity index (χ2n) is 6.93. The number of nitriles is 1. The Balaban J connectivity index is 1.49. The van der Waals surface area contributed by atoms with Crippen molar-refractivity contribution in [1.29, 1.82) is 5.26 Å². The van der Waals surface area contributed by atoms with E-state index in [-0.39, 0.29) is 11.7 Å². The van der Waals surface area contributed by atoms with Crippen LogP contribution in [0.3, 0.4) is 0 Å². The number of hydrogen-bond donors (Lipinski definition) is 1. The average Bonchev–Trinajstić information content (AvgIpc) is 3.47. The first-order valence-corrected chi connectivity index (χ1v) is 11.7. The van der Waals surface area contributed by atoms with Gasteiger partial charge in [0.15, 0.2) is 0 Å². The molecule has 4 rings (SSSR count). The fraction of sp³-hybridized carbons (Fsp3) is 0.261. The van der Waals surface area contributed by atoms with Crippen molar-refractivity contribution in [2.24, 2.45) is 0 Å². The number of pyridine rings is 1. The molecular formula is C23H21N3O2S2. The number of thioether (sulfide) groups is 1. The Morgan fingerprint density at radius 1 is 1.33 bits per heavy atom. The smallest absolute Gasteiger partial charge is 0.234 e. The molecule has 30 heavy (non-hydrogen) atoms. The van der Waals surface area contributed by atoms with E-state index < -0.39 is 0 Å². The van der Waals surface area contributed by atoms with Crippen molar-refractivity contribution >= 4 is 34.7 Å². The van der Waals surface area contributed by atoms with Gasteiger partial charge in [0.2, 0.25) is 5.91 Å². The van der Waals surface area contributed by atoms with Crippen molar-refractivity contribution in [3.8, 4) is 22.3 Å². The van der Waals surface area contributed by atoms with Crippen LogP contribution in [-0.4, -0.2) is 23.3 Å². The number of carbonyl (C=O) groups is 1. The molecule has 0 atom stereocenters. The number of carbonyl (C=O) groups excluding carboxylic acids is 1. The Kier molecular flexibility index (Phi) is 6.36. The van der Waals surface area contributed by atoms with Gasteiger partial charge in [0, 0.05) is 27.7 Å². The lowest BCUT2D eigenvalue weighted by molar-refractivity contribution is -0.113. The topological polar surface area (TPSA) is 75.0 Å². The normalized spacial score (nSPS) is 12.9. The minimum absolute atomic E-state index is 0.135. The monoisotopic (exact) mass is 435 g/mol. The lowest BCUT2D eigenvalue weighted by atomic mass is 10.1. The molecule has 0 bridgehead atoms. The quantitative estimate of drug-likeness (QED) is 0.460. The van der Waals surface area contributed by atoms with E-state index in [9.17, 15) is 10.1 Å². The largest absolute Gasteiger partial charge is 0.494 e. The fourth-order valence-corrected chi connectivity index (χ4v) is 4.66. The maximum Gasteiger partial charge on any atom is 0.234 e. The standard InChI is InChI=1S/C23H21N3O2S2/c1-2-28-17-9-7-16(8-10-17)25-22(27)14-30-23-19(13-24)18(21-4-3-11-29-21)12-20(26-23)15-5-6-15/h3-4,7-12,15H,2,5-6,14H2,1H3,(H,25,27). The Hall–Kier alpha value is -2.82. The van der Waals surface area contributed by atoms with Gasteiger partial charge < -0.3 is 10.1 Å². The molecule has 2 aromatic heterocycles. The van der Waals surface area contributed by atoms with Crippen molar-refractivity contribution in [3.63, 3.8) is 0 Å². The molecule has 7 heteroatoms. The van der Waals surface area contributed by atoms with E-state index in [0.29, 0.717) is 28.8 Å². The molecule has 3 aromatic rings. The minimum Gasteiger partial charge on any atom is -0.494 e. The van der Waals surface area contributed by atoms with Gasteiger partial charge in [-0.15, -0.1) is 11.3 Å².